The highest BCUT2D eigenvalue weighted by molar-refractivity contribution is 5.95. The first-order valence-electron chi connectivity index (χ1n) is 6.21. The van der Waals surface area contributed by atoms with Crippen LogP contribution in [0.15, 0.2) is 18.2 Å². The number of carbonyl (C=O) groups excluding carboxylic acids is 1. The van der Waals surface area contributed by atoms with Crippen molar-refractivity contribution in [3.8, 4) is 0 Å². The number of amides is 1. The molecule has 0 saturated heterocycles. The molecule has 110 valence electrons. The lowest BCUT2D eigenvalue weighted by Gasteiger charge is -2.14. The molecule has 20 heavy (non-hydrogen) atoms. The second-order valence-corrected chi connectivity index (χ2v) is 4.91. The van der Waals surface area contributed by atoms with E-state index in [1.54, 1.807) is 31.1 Å². The maximum absolute atomic E-state index is 11.9. The lowest BCUT2D eigenvalue weighted by Crippen LogP contribution is -2.31. The number of anilines is 1. The normalized spacial score (nSPS) is 10.4. The van der Waals surface area contributed by atoms with Gasteiger partial charge in [-0.15, -0.1) is 0 Å². The van der Waals surface area contributed by atoms with Gasteiger partial charge in [0.1, 0.15) is 5.69 Å². The Kier molecular flexibility index (Phi) is 5.45. The third-order valence-electron chi connectivity index (χ3n) is 2.76. The Bertz CT molecular complexity index is 500. The van der Waals surface area contributed by atoms with E-state index < -0.39 is 4.92 Å². The summed E-state index contributed by atoms with van der Waals surface area (Å²) in [6.45, 7) is 1.21. The van der Waals surface area contributed by atoms with Gasteiger partial charge in [-0.05, 0) is 26.2 Å². The van der Waals surface area contributed by atoms with Crippen LogP contribution in [0, 0.1) is 10.1 Å². The summed E-state index contributed by atoms with van der Waals surface area (Å²) in [6, 6.07) is 4.48. The predicted octanol–water partition coefficient (Wildman–Crippen LogP) is 0.952. The second-order valence-electron chi connectivity index (χ2n) is 4.91. The summed E-state index contributed by atoms with van der Waals surface area (Å²) in [7, 11) is 7.25. The van der Waals surface area contributed by atoms with Crippen LogP contribution < -0.4 is 10.2 Å². The molecule has 1 aromatic carbocycles. The first-order valence-corrected chi connectivity index (χ1v) is 6.21. The van der Waals surface area contributed by atoms with Gasteiger partial charge in [-0.25, -0.2) is 0 Å². The quantitative estimate of drug-likeness (QED) is 0.620. The molecule has 1 amide bonds. The first-order chi connectivity index (χ1) is 9.32. The molecule has 7 nitrogen and oxygen atoms in total. The maximum Gasteiger partial charge on any atom is 0.293 e. The van der Waals surface area contributed by atoms with Gasteiger partial charge in [0.2, 0.25) is 0 Å². The van der Waals surface area contributed by atoms with Crippen LogP contribution in [-0.2, 0) is 0 Å². The van der Waals surface area contributed by atoms with E-state index in [1.807, 2.05) is 19.0 Å². The van der Waals surface area contributed by atoms with Crippen LogP contribution in [-0.4, -0.2) is 57.0 Å². The van der Waals surface area contributed by atoms with Gasteiger partial charge in [0.25, 0.3) is 11.6 Å². The zero-order chi connectivity index (χ0) is 15.3. The number of hydrogen-bond acceptors (Lipinski definition) is 5. The van der Waals surface area contributed by atoms with Gasteiger partial charge >= 0.3 is 0 Å². The highest BCUT2D eigenvalue weighted by Gasteiger charge is 2.18. The van der Waals surface area contributed by atoms with E-state index in [9.17, 15) is 14.9 Å². The molecule has 7 heteroatoms. The van der Waals surface area contributed by atoms with Gasteiger partial charge in [0, 0.05) is 38.8 Å². The van der Waals surface area contributed by atoms with E-state index in [0.29, 0.717) is 24.3 Å². The fourth-order valence-corrected chi connectivity index (χ4v) is 1.68. The molecule has 1 aromatic rings. The van der Waals surface area contributed by atoms with Crippen molar-refractivity contribution in [2.45, 2.75) is 0 Å². The number of nitrogens with zero attached hydrogens (tertiary/aromatic N) is 3. The molecule has 0 spiro atoms. The van der Waals surface area contributed by atoms with Crippen LogP contribution in [0.1, 0.15) is 10.4 Å². The van der Waals surface area contributed by atoms with Crippen LogP contribution in [0.2, 0.25) is 0 Å². The lowest BCUT2D eigenvalue weighted by atomic mass is 10.1. The number of hydrogen-bond donors (Lipinski definition) is 1. The Morgan fingerprint density at radius 3 is 2.45 bits per heavy atom. The minimum Gasteiger partial charge on any atom is -0.372 e. The van der Waals surface area contributed by atoms with Crippen molar-refractivity contribution in [2.24, 2.45) is 0 Å². The van der Waals surface area contributed by atoms with Crippen LogP contribution >= 0.6 is 0 Å². The van der Waals surface area contributed by atoms with Gasteiger partial charge in [0.15, 0.2) is 0 Å². The van der Waals surface area contributed by atoms with Crippen molar-refractivity contribution in [3.63, 3.8) is 0 Å². The Morgan fingerprint density at radius 1 is 1.30 bits per heavy atom. The summed E-state index contributed by atoms with van der Waals surface area (Å²) in [5.74, 6) is -0.305. The zero-order valence-electron chi connectivity index (χ0n) is 12.2. The topological polar surface area (TPSA) is 78.7 Å². The summed E-state index contributed by atoms with van der Waals surface area (Å²) >= 11 is 0. The number of carbonyl (C=O) groups is 1. The van der Waals surface area contributed by atoms with Crippen molar-refractivity contribution < 1.29 is 9.72 Å². The third kappa shape index (κ3) is 4.20. The lowest BCUT2D eigenvalue weighted by molar-refractivity contribution is -0.384. The Labute approximate surface area is 118 Å². The molecular weight excluding hydrogens is 260 g/mol. The van der Waals surface area contributed by atoms with Crippen molar-refractivity contribution in [3.05, 3.63) is 33.9 Å². The van der Waals surface area contributed by atoms with E-state index in [0.717, 1.165) is 0 Å². The van der Waals surface area contributed by atoms with E-state index in [-0.39, 0.29) is 11.6 Å². The second kappa shape index (κ2) is 6.85. The highest BCUT2D eigenvalue weighted by Crippen LogP contribution is 2.27. The highest BCUT2D eigenvalue weighted by atomic mass is 16.6. The molecule has 0 aliphatic carbocycles. The van der Waals surface area contributed by atoms with E-state index >= 15 is 0 Å². The van der Waals surface area contributed by atoms with Crippen molar-refractivity contribution in [1.82, 2.24) is 10.2 Å². The van der Waals surface area contributed by atoms with E-state index in [1.165, 1.54) is 6.07 Å². The first kappa shape index (κ1) is 15.9. The average Bonchev–Trinajstić information content (AvgIpc) is 2.37. The largest absolute Gasteiger partial charge is 0.372 e. The van der Waals surface area contributed by atoms with Crippen LogP contribution in [0.4, 0.5) is 11.4 Å². The Hall–Kier alpha value is -2.15. The minimum absolute atomic E-state index is 0.0738. The van der Waals surface area contributed by atoms with Crippen LogP contribution in [0.5, 0.6) is 0 Å². The molecule has 0 atom stereocenters. The van der Waals surface area contributed by atoms with Crippen molar-refractivity contribution in [2.75, 3.05) is 46.2 Å². The minimum atomic E-state index is -0.480. The van der Waals surface area contributed by atoms with Gasteiger partial charge in [0.05, 0.1) is 4.92 Å². The molecule has 0 fully saturated rings. The number of rotatable bonds is 6. The molecule has 0 saturated carbocycles. The molecule has 0 aliphatic rings. The van der Waals surface area contributed by atoms with Crippen molar-refractivity contribution >= 4 is 17.3 Å². The zero-order valence-corrected chi connectivity index (χ0v) is 12.2. The van der Waals surface area contributed by atoms with Gasteiger partial charge in [-0.3, -0.25) is 14.9 Å². The smallest absolute Gasteiger partial charge is 0.293 e. The summed E-state index contributed by atoms with van der Waals surface area (Å²) in [6.07, 6.45) is 0. The summed E-state index contributed by atoms with van der Waals surface area (Å²) in [4.78, 5) is 26.1. The molecule has 0 heterocycles. The van der Waals surface area contributed by atoms with Crippen molar-refractivity contribution in [1.29, 1.82) is 0 Å². The van der Waals surface area contributed by atoms with Crippen LogP contribution in [0.3, 0.4) is 0 Å². The van der Waals surface area contributed by atoms with Gasteiger partial charge in [-0.2, -0.15) is 0 Å². The molecule has 1 rings (SSSR count). The van der Waals surface area contributed by atoms with E-state index in [2.05, 4.69) is 5.32 Å². The molecule has 0 bridgehead atoms. The Morgan fingerprint density at radius 2 is 1.95 bits per heavy atom. The standard InChI is InChI=1S/C13H20N4O3/c1-15(2)8-7-14-13(18)10-5-6-11(16(3)4)12(9-10)17(19)20/h5-6,9H,7-8H2,1-4H3,(H,14,18). The fourth-order valence-electron chi connectivity index (χ4n) is 1.68. The van der Waals surface area contributed by atoms with E-state index in [4.69, 9.17) is 0 Å². The number of benzene rings is 1. The maximum atomic E-state index is 11.9. The number of nitro benzene ring substituents is 1. The molecule has 0 aromatic heterocycles. The molecule has 0 radical (unpaired) electrons. The predicted molar refractivity (Wildman–Crippen MR) is 78.3 cm³/mol. The van der Waals surface area contributed by atoms with Gasteiger partial charge < -0.3 is 15.1 Å². The number of nitrogens with one attached hydrogen (secondary N) is 1. The third-order valence-corrected chi connectivity index (χ3v) is 2.76. The fraction of sp³-hybridized carbons (Fsp3) is 0.462. The Balaban J connectivity index is 2.89. The number of likely N-dealkylation sites (N-methyl/N-ethyl adjacent to an activating group) is 1. The van der Waals surface area contributed by atoms with Crippen LogP contribution in [0.25, 0.3) is 0 Å². The summed E-state index contributed by atoms with van der Waals surface area (Å²) < 4.78 is 0. The summed E-state index contributed by atoms with van der Waals surface area (Å²) in [5.41, 5.74) is 0.691. The monoisotopic (exact) mass is 280 g/mol. The molecule has 1 N–H and O–H groups in total. The molecule has 0 unspecified atom stereocenters. The van der Waals surface area contributed by atoms with Gasteiger partial charge in [-0.1, -0.05) is 0 Å². The molecular formula is C13H20N4O3. The summed E-state index contributed by atoms with van der Waals surface area (Å²) in [5, 5.41) is 13.8. The average molecular weight is 280 g/mol. The molecule has 0 aliphatic heterocycles. The number of nitro groups is 1. The SMILES string of the molecule is CN(C)CCNC(=O)c1ccc(N(C)C)c([N+](=O)[O-])c1.